The Morgan fingerprint density at radius 1 is 1.06 bits per heavy atom. The Kier molecular flexibility index (Phi) is 7.46. The molecule has 0 atom stereocenters. The largest absolute Gasteiger partial charge is 0.462 e. The van der Waals surface area contributed by atoms with E-state index in [0.29, 0.717) is 42.7 Å². The molecule has 1 amide bonds. The van der Waals surface area contributed by atoms with Gasteiger partial charge in [0.1, 0.15) is 0 Å². The van der Waals surface area contributed by atoms with Crippen LogP contribution in [0.3, 0.4) is 0 Å². The highest BCUT2D eigenvalue weighted by atomic mass is 32.2. The summed E-state index contributed by atoms with van der Waals surface area (Å²) in [5.41, 5.74) is 2.38. The Morgan fingerprint density at radius 2 is 1.74 bits per heavy atom. The van der Waals surface area contributed by atoms with Gasteiger partial charge >= 0.3 is 5.97 Å². The lowest BCUT2D eigenvalue weighted by Crippen LogP contribution is -2.41. The minimum absolute atomic E-state index is 0.0372. The molecule has 8 heteroatoms. The van der Waals surface area contributed by atoms with Crippen molar-refractivity contribution in [3.05, 3.63) is 65.2 Å². The first-order chi connectivity index (χ1) is 14.8. The lowest BCUT2D eigenvalue weighted by atomic mass is 9.96. The maximum absolute atomic E-state index is 12.8. The molecule has 3 rings (SSSR count). The summed E-state index contributed by atoms with van der Waals surface area (Å²) >= 11 is 0. The molecule has 2 aromatic carbocycles. The predicted molar refractivity (Wildman–Crippen MR) is 119 cm³/mol. The maximum Gasteiger partial charge on any atom is 0.338 e. The van der Waals surface area contributed by atoms with Crippen LogP contribution in [0.2, 0.25) is 0 Å². The van der Waals surface area contributed by atoms with Gasteiger partial charge in [0.15, 0.2) is 0 Å². The summed E-state index contributed by atoms with van der Waals surface area (Å²) in [7, 11) is -3.42. The van der Waals surface area contributed by atoms with Gasteiger partial charge in [0, 0.05) is 24.7 Å². The molecule has 0 aromatic heterocycles. The fourth-order valence-corrected chi connectivity index (χ4v) is 5.27. The summed E-state index contributed by atoms with van der Waals surface area (Å²) in [6.45, 7) is 4.41. The van der Waals surface area contributed by atoms with Crippen LogP contribution in [0.15, 0.2) is 48.5 Å². The van der Waals surface area contributed by atoms with Gasteiger partial charge in [-0.1, -0.05) is 36.4 Å². The SMILES string of the molecule is CCOC(=O)c1cccc(NC(=O)C2CCN(S(=O)(=O)Cc3ccccc3)CC2)c1C. The lowest BCUT2D eigenvalue weighted by molar-refractivity contribution is -0.120. The monoisotopic (exact) mass is 444 g/mol. The summed E-state index contributed by atoms with van der Waals surface area (Å²) in [4.78, 5) is 24.8. The van der Waals surface area contributed by atoms with Crippen LogP contribution >= 0.6 is 0 Å². The van der Waals surface area contributed by atoms with Crippen LogP contribution in [-0.4, -0.2) is 44.3 Å². The molecular formula is C23H28N2O5S. The molecule has 2 aromatic rings. The normalized spacial score (nSPS) is 15.4. The molecule has 1 heterocycles. The van der Waals surface area contributed by atoms with Crippen LogP contribution in [0.1, 0.15) is 41.3 Å². The topological polar surface area (TPSA) is 92.8 Å². The van der Waals surface area contributed by atoms with Crippen molar-refractivity contribution in [3.63, 3.8) is 0 Å². The number of nitrogens with zero attached hydrogens (tertiary/aromatic N) is 1. The van der Waals surface area contributed by atoms with Crippen molar-refractivity contribution < 1.29 is 22.7 Å². The van der Waals surface area contributed by atoms with E-state index in [1.807, 2.05) is 18.2 Å². The van der Waals surface area contributed by atoms with E-state index in [0.717, 1.165) is 5.56 Å². The number of benzene rings is 2. The smallest absolute Gasteiger partial charge is 0.338 e. The first kappa shape index (κ1) is 23.0. The number of carbonyl (C=O) groups excluding carboxylic acids is 2. The van der Waals surface area contributed by atoms with Gasteiger partial charge in [0.25, 0.3) is 0 Å². The minimum atomic E-state index is -3.42. The number of rotatable bonds is 7. The summed E-state index contributed by atoms with van der Waals surface area (Å²) in [6, 6.07) is 14.2. The summed E-state index contributed by atoms with van der Waals surface area (Å²) in [5, 5.41) is 2.90. The fourth-order valence-electron chi connectivity index (χ4n) is 3.71. The second kappa shape index (κ2) is 10.1. The Bertz CT molecular complexity index is 1030. The number of sulfonamides is 1. The molecule has 1 N–H and O–H groups in total. The molecule has 1 fully saturated rings. The van der Waals surface area contributed by atoms with Gasteiger partial charge in [0.05, 0.1) is 17.9 Å². The minimum Gasteiger partial charge on any atom is -0.462 e. The van der Waals surface area contributed by atoms with Gasteiger partial charge in [-0.3, -0.25) is 4.79 Å². The van der Waals surface area contributed by atoms with E-state index < -0.39 is 16.0 Å². The number of esters is 1. The molecule has 0 radical (unpaired) electrons. The van der Waals surface area contributed by atoms with Crippen molar-refractivity contribution in [2.75, 3.05) is 25.0 Å². The summed E-state index contributed by atoms with van der Waals surface area (Å²) in [6.07, 6.45) is 0.910. The Morgan fingerprint density at radius 3 is 2.39 bits per heavy atom. The molecule has 166 valence electrons. The van der Waals surface area contributed by atoms with Crippen LogP contribution in [0.4, 0.5) is 5.69 Å². The molecule has 1 saturated heterocycles. The number of hydrogen-bond donors (Lipinski definition) is 1. The number of amides is 1. The van der Waals surface area contributed by atoms with Crippen molar-refractivity contribution in [1.82, 2.24) is 4.31 Å². The third-order valence-corrected chi connectivity index (χ3v) is 7.35. The van der Waals surface area contributed by atoms with Crippen molar-refractivity contribution in [2.45, 2.75) is 32.4 Å². The van der Waals surface area contributed by atoms with E-state index in [-0.39, 0.29) is 24.2 Å². The zero-order chi connectivity index (χ0) is 22.4. The van der Waals surface area contributed by atoms with Gasteiger partial charge < -0.3 is 10.1 Å². The van der Waals surface area contributed by atoms with Crippen LogP contribution in [0.5, 0.6) is 0 Å². The third-order valence-electron chi connectivity index (χ3n) is 5.50. The maximum atomic E-state index is 12.8. The third kappa shape index (κ3) is 5.71. The van der Waals surface area contributed by atoms with Gasteiger partial charge in [-0.05, 0) is 49.9 Å². The number of anilines is 1. The zero-order valence-electron chi connectivity index (χ0n) is 17.8. The van der Waals surface area contributed by atoms with E-state index in [4.69, 9.17) is 4.74 Å². The number of piperidine rings is 1. The number of nitrogens with one attached hydrogen (secondary N) is 1. The Labute approximate surface area is 183 Å². The van der Waals surface area contributed by atoms with Crippen molar-refractivity contribution in [1.29, 1.82) is 0 Å². The van der Waals surface area contributed by atoms with Crippen molar-refractivity contribution >= 4 is 27.6 Å². The molecule has 0 spiro atoms. The number of carbonyl (C=O) groups is 2. The highest BCUT2D eigenvalue weighted by molar-refractivity contribution is 7.88. The molecule has 1 aliphatic rings. The van der Waals surface area contributed by atoms with Gasteiger partial charge in [0.2, 0.25) is 15.9 Å². The van der Waals surface area contributed by atoms with E-state index >= 15 is 0 Å². The molecule has 1 aliphatic heterocycles. The predicted octanol–water partition coefficient (Wildman–Crippen LogP) is 3.35. The zero-order valence-corrected chi connectivity index (χ0v) is 18.7. The van der Waals surface area contributed by atoms with Gasteiger partial charge in [-0.15, -0.1) is 0 Å². The number of hydrogen-bond acceptors (Lipinski definition) is 5. The molecule has 0 aliphatic carbocycles. The summed E-state index contributed by atoms with van der Waals surface area (Å²) < 4.78 is 31.9. The average molecular weight is 445 g/mol. The lowest BCUT2D eigenvalue weighted by Gasteiger charge is -2.30. The van der Waals surface area contributed by atoms with Crippen LogP contribution in [0, 0.1) is 12.8 Å². The fraction of sp³-hybridized carbons (Fsp3) is 0.391. The standard InChI is InChI=1S/C23H28N2O5S/c1-3-30-23(27)20-10-7-11-21(17(20)2)24-22(26)19-12-14-25(15-13-19)31(28,29)16-18-8-5-4-6-9-18/h4-11,19H,3,12-16H2,1-2H3,(H,24,26). The van der Waals surface area contributed by atoms with Crippen molar-refractivity contribution in [3.8, 4) is 0 Å². The highest BCUT2D eigenvalue weighted by Gasteiger charge is 2.31. The highest BCUT2D eigenvalue weighted by Crippen LogP contribution is 2.25. The van der Waals surface area contributed by atoms with Crippen LogP contribution < -0.4 is 5.32 Å². The molecule has 7 nitrogen and oxygen atoms in total. The van der Waals surface area contributed by atoms with Crippen molar-refractivity contribution in [2.24, 2.45) is 5.92 Å². The first-order valence-corrected chi connectivity index (χ1v) is 12.0. The van der Waals surface area contributed by atoms with Gasteiger partial charge in [-0.25, -0.2) is 17.5 Å². The molecule has 0 unspecified atom stereocenters. The second-order valence-electron chi connectivity index (χ2n) is 7.60. The Balaban J connectivity index is 1.60. The molecule has 0 saturated carbocycles. The summed E-state index contributed by atoms with van der Waals surface area (Å²) in [5.74, 6) is -0.907. The van der Waals surface area contributed by atoms with Crippen LogP contribution in [-0.2, 0) is 25.3 Å². The average Bonchev–Trinajstić information content (AvgIpc) is 2.76. The molecular weight excluding hydrogens is 416 g/mol. The quantitative estimate of drug-likeness (QED) is 0.661. The Hall–Kier alpha value is -2.71. The van der Waals surface area contributed by atoms with E-state index in [1.54, 1.807) is 44.2 Å². The van der Waals surface area contributed by atoms with E-state index in [9.17, 15) is 18.0 Å². The van der Waals surface area contributed by atoms with Crippen LogP contribution in [0.25, 0.3) is 0 Å². The second-order valence-corrected chi connectivity index (χ2v) is 9.57. The van der Waals surface area contributed by atoms with Gasteiger partial charge in [-0.2, -0.15) is 0 Å². The molecule has 31 heavy (non-hydrogen) atoms. The van der Waals surface area contributed by atoms with E-state index in [2.05, 4.69) is 5.32 Å². The first-order valence-electron chi connectivity index (χ1n) is 10.4. The molecule has 0 bridgehead atoms. The number of ether oxygens (including phenoxy) is 1. The van der Waals surface area contributed by atoms with E-state index in [1.165, 1.54) is 4.31 Å².